The molecule has 4 nitrogen and oxygen atoms in total. The highest BCUT2D eigenvalue weighted by Gasteiger charge is 2.28. The molecule has 1 saturated heterocycles. The minimum atomic E-state index is 0.248. The van der Waals surface area contributed by atoms with Gasteiger partial charge in [0, 0.05) is 19.8 Å². The van der Waals surface area contributed by atoms with Crippen LogP contribution in [0.2, 0.25) is 0 Å². The Kier molecular flexibility index (Phi) is 15.6. The first-order valence-electron chi connectivity index (χ1n) is 11.3. The molecule has 156 valence electrons. The molecule has 2 atom stereocenters. The summed E-state index contributed by atoms with van der Waals surface area (Å²) in [7, 11) is 4.25. The third kappa shape index (κ3) is 13.1. The Morgan fingerprint density at radius 1 is 0.923 bits per heavy atom. The largest absolute Gasteiger partial charge is 0.375 e. The van der Waals surface area contributed by atoms with Crippen molar-refractivity contribution < 1.29 is 9.47 Å². The van der Waals surface area contributed by atoms with Gasteiger partial charge in [0.1, 0.15) is 0 Å². The van der Waals surface area contributed by atoms with E-state index >= 15 is 0 Å². The first kappa shape index (κ1) is 23.9. The van der Waals surface area contributed by atoms with Crippen LogP contribution in [0, 0.1) is 0 Å². The van der Waals surface area contributed by atoms with Gasteiger partial charge in [0.2, 0.25) is 0 Å². The standard InChI is InChI=1S/C22H46N2O2/c1-4-5-6-7-8-9-10-11-12-13-18-25-21-15-19-26-22(21)20-23-16-14-17-24(2)3/h21-23H,4-20H2,1-3H3/t21-,22-/m1/s1. The summed E-state index contributed by atoms with van der Waals surface area (Å²) in [6.07, 6.45) is 16.6. The zero-order valence-electron chi connectivity index (χ0n) is 17.9. The van der Waals surface area contributed by atoms with Crippen LogP contribution >= 0.6 is 0 Å². The molecule has 0 aromatic rings. The van der Waals surface area contributed by atoms with E-state index in [9.17, 15) is 0 Å². The van der Waals surface area contributed by atoms with Gasteiger partial charge in [-0.25, -0.2) is 0 Å². The normalized spacial score (nSPS) is 20.3. The molecule has 1 fully saturated rings. The van der Waals surface area contributed by atoms with E-state index in [-0.39, 0.29) is 6.10 Å². The summed E-state index contributed by atoms with van der Waals surface area (Å²) in [6.45, 7) is 7.16. The zero-order chi connectivity index (χ0) is 18.9. The number of nitrogens with one attached hydrogen (secondary N) is 1. The fourth-order valence-electron chi connectivity index (χ4n) is 3.60. The minimum absolute atomic E-state index is 0.248. The number of rotatable bonds is 18. The Morgan fingerprint density at radius 3 is 2.23 bits per heavy atom. The molecule has 0 spiro atoms. The average molecular weight is 371 g/mol. The lowest BCUT2D eigenvalue weighted by molar-refractivity contribution is -0.00932. The van der Waals surface area contributed by atoms with Crippen LogP contribution in [0.5, 0.6) is 0 Å². The summed E-state index contributed by atoms with van der Waals surface area (Å²) >= 11 is 0. The van der Waals surface area contributed by atoms with Gasteiger partial charge in [-0.1, -0.05) is 64.7 Å². The third-order valence-corrected chi connectivity index (χ3v) is 5.28. The summed E-state index contributed by atoms with van der Waals surface area (Å²) < 4.78 is 12.0. The quantitative estimate of drug-likeness (QED) is 0.357. The van der Waals surface area contributed by atoms with Crippen LogP contribution in [0.3, 0.4) is 0 Å². The highest BCUT2D eigenvalue weighted by atomic mass is 16.6. The molecule has 1 aliphatic heterocycles. The van der Waals surface area contributed by atoms with Crippen LogP contribution in [0.1, 0.15) is 84.0 Å². The Balaban J connectivity index is 1.89. The van der Waals surface area contributed by atoms with Gasteiger partial charge in [0.15, 0.2) is 0 Å². The fraction of sp³-hybridized carbons (Fsp3) is 1.00. The van der Waals surface area contributed by atoms with E-state index in [1.807, 2.05) is 0 Å². The van der Waals surface area contributed by atoms with E-state index in [4.69, 9.17) is 9.47 Å². The summed E-state index contributed by atoms with van der Waals surface area (Å²) in [5, 5.41) is 3.52. The molecule has 0 aliphatic carbocycles. The van der Waals surface area contributed by atoms with Gasteiger partial charge in [-0.05, 0) is 46.4 Å². The third-order valence-electron chi connectivity index (χ3n) is 5.28. The monoisotopic (exact) mass is 370 g/mol. The molecule has 0 aromatic heterocycles. The van der Waals surface area contributed by atoms with Crippen LogP contribution < -0.4 is 5.32 Å². The Bertz CT molecular complexity index is 300. The van der Waals surface area contributed by atoms with Gasteiger partial charge in [0.05, 0.1) is 12.2 Å². The second-order valence-corrected chi connectivity index (χ2v) is 8.15. The van der Waals surface area contributed by atoms with E-state index in [0.717, 1.165) is 39.3 Å². The molecule has 0 unspecified atom stereocenters. The number of nitrogens with zero attached hydrogens (tertiary/aromatic N) is 1. The van der Waals surface area contributed by atoms with Crippen molar-refractivity contribution in [3.05, 3.63) is 0 Å². The summed E-state index contributed by atoms with van der Waals surface area (Å²) in [6, 6.07) is 0. The second-order valence-electron chi connectivity index (χ2n) is 8.15. The van der Waals surface area contributed by atoms with Crippen molar-refractivity contribution in [2.75, 3.05) is 46.9 Å². The van der Waals surface area contributed by atoms with Crippen molar-refractivity contribution in [3.63, 3.8) is 0 Å². The van der Waals surface area contributed by atoms with Crippen LogP contribution in [0.15, 0.2) is 0 Å². The van der Waals surface area contributed by atoms with Crippen molar-refractivity contribution in [2.45, 2.75) is 96.2 Å². The fourth-order valence-corrected chi connectivity index (χ4v) is 3.60. The SMILES string of the molecule is CCCCCCCCCCCCO[C@@H]1CCO[C@@H]1CNCCCN(C)C. The van der Waals surface area contributed by atoms with Crippen molar-refractivity contribution in [1.29, 1.82) is 0 Å². The lowest BCUT2D eigenvalue weighted by atomic mass is 10.1. The van der Waals surface area contributed by atoms with Crippen LogP contribution in [0.25, 0.3) is 0 Å². The molecule has 1 N–H and O–H groups in total. The molecular formula is C22H46N2O2. The smallest absolute Gasteiger partial charge is 0.0961 e. The van der Waals surface area contributed by atoms with Crippen molar-refractivity contribution in [3.8, 4) is 0 Å². The van der Waals surface area contributed by atoms with E-state index in [1.54, 1.807) is 0 Å². The van der Waals surface area contributed by atoms with Crippen LogP contribution in [0.4, 0.5) is 0 Å². The minimum Gasteiger partial charge on any atom is -0.375 e. The van der Waals surface area contributed by atoms with Gasteiger partial charge in [0.25, 0.3) is 0 Å². The number of unbranched alkanes of at least 4 members (excludes halogenated alkanes) is 9. The molecule has 0 saturated carbocycles. The first-order chi connectivity index (χ1) is 12.7. The summed E-state index contributed by atoms with van der Waals surface area (Å²) in [4.78, 5) is 2.23. The van der Waals surface area contributed by atoms with Gasteiger partial charge in [-0.2, -0.15) is 0 Å². The van der Waals surface area contributed by atoms with Gasteiger partial charge < -0.3 is 19.7 Å². The molecule has 0 amide bonds. The lowest BCUT2D eigenvalue weighted by Gasteiger charge is -2.20. The Labute approximate surface area is 163 Å². The molecule has 0 bridgehead atoms. The summed E-state index contributed by atoms with van der Waals surface area (Å²) in [5.41, 5.74) is 0. The van der Waals surface area contributed by atoms with E-state index in [1.165, 1.54) is 70.6 Å². The van der Waals surface area contributed by atoms with Gasteiger partial charge >= 0.3 is 0 Å². The molecule has 1 rings (SSSR count). The molecular weight excluding hydrogens is 324 g/mol. The topological polar surface area (TPSA) is 33.7 Å². The van der Waals surface area contributed by atoms with Crippen LogP contribution in [-0.4, -0.2) is 64.1 Å². The number of ether oxygens (including phenoxy) is 2. The predicted molar refractivity (Wildman–Crippen MR) is 112 cm³/mol. The first-order valence-corrected chi connectivity index (χ1v) is 11.3. The Morgan fingerprint density at radius 2 is 1.58 bits per heavy atom. The molecule has 4 heteroatoms. The second kappa shape index (κ2) is 17.0. The molecule has 0 aromatic carbocycles. The number of hydrogen-bond donors (Lipinski definition) is 1. The maximum absolute atomic E-state index is 6.11. The average Bonchev–Trinajstić information content (AvgIpc) is 3.06. The van der Waals surface area contributed by atoms with Gasteiger partial charge in [-0.15, -0.1) is 0 Å². The lowest BCUT2D eigenvalue weighted by Crippen LogP contribution is -2.36. The maximum atomic E-state index is 6.11. The van der Waals surface area contributed by atoms with Crippen LogP contribution in [-0.2, 0) is 9.47 Å². The number of hydrogen-bond acceptors (Lipinski definition) is 4. The van der Waals surface area contributed by atoms with Crippen molar-refractivity contribution in [2.24, 2.45) is 0 Å². The van der Waals surface area contributed by atoms with E-state index in [0.29, 0.717) is 6.10 Å². The van der Waals surface area contributed by atoms with Crippen molar-refractivity contribution in [1.82, 2.24) is 10.2 Å². The highest BCUT2D eigenvalue weighted by Crippen LogP contribution is 2.17. The molecule has 1 heterocycles. The molecule has 0 radical (unpaired) electrons. The van der Waals surface area contributed by atoms with E-state index < -0.39 is 0 Å². The molecule has 26 heavy (non-hydrogen) atoms. The zero-order valence-corrected chi connectivity index (χ0v) is 17.9. The van der Waals surface area contributed by atoms with Crippen molar-refractivity contribution >= 4 is 0 Å². The Hall–Kier alpha value is -0.160. The summed E-state index contributed by atoms with van der Waals surface area (Å²) in [5.74, 6) is 0. The highest BCUT2D eigenvalue weighted by molar-refractivity contribution is 4.79. The van der Waals surface area contributed by atoms with Gasteiger partial charge in [-0.3, -0.25) is 0 Å². The van der Waals surface area contributed by atoms with E-state index in [2.05, 4.69) is 31.2 Å². The molecule has 1 aliphatic rings. The predicted octanol–water partition coefficient (Wildman–Crippen LogP) is 4.62. The maximum Gasteiger partial charge on any atom is 0.0961 e.